The molecule has 0 radical (unpaired) electrons. The van der Waals surface area contributed by atoms with Crippen molar-refractivity contribution in [3.63, 3.8) is 0 Å². The van der Waals surface area contributed by atoms with Gasteiger partial charge < -0.3 is 18.8 Å². The Balaban J connectivity index is 1.69. The standard InChI is InChI=1S/C24H23BrN2O3S2/c1-28-18-7-5-17(6-8-18)26-24-27(19(15-31-24)22-10-11-23(25)32-22)13-12-16-4-9-20(29-2)21(14-16)30-3/h4-11,14-15H,12-13H2,1-3H3. The highest BCUT2D eigenvalue weighted by Crippen LogP contribution is 2.32. The zero-order valence-electron chi connectivity index (χ0n) is 18.0. The summed E-state index contributed by atoms with van der Waals surface area (Å²) in [5.74, 6) is 2.30. The molecule has 8 heteroatoms. The second-order valence-corrected chi connectivity index (χ2v) is 10.2. The summed E-state index contributed by atoms with van der Waals surface area (Å²) >= 11 is 6.95. The summed E-state index contributed by atoms with van der Waals surface area (Å²) < 4.78 is 19.5. The van der Waals surface area contributed by atoms with Crippen molar-refractivity contribution in [1.82, 2.24) is 4.57 Å². The third-order valence-electron chi connectivity index (χ3n) is 4.99. The van der Waals surface area contributed by atoms with Gasteiger partial charge in [0.2, 0.25) is 0 Å². The maximum absolute atomic E-state index is 5.47. The van der Waals surface area contributed by atoms with Gasteiger partial charge in [0.25, 0.3) is 0 Å². The van der Waals surface area contributed by atoms with E-state index in [9.17, 15) is 0 Å². The first-order valence-corrected chi connectivity index (χ1v) is 12.4. The van der Waals surface area contributed by atoms with Crippen LogP contribution in [0.3, 0.4) is 0 Å². The van der Waals surface area contributed by atoms with Gasteiger partial charge in [-0.2, -0.15) is 0 Å². The van der Waals surface area contributed by atoms with Crippen LogP contribution in [0, 0.1) is 0 Å². The van der Waals surface area contributed by atoms with Gasteiger partial charge in [-0.3, -0.25) is 0 Å². The Labute approximate surface area is 203 Å². The molecule has 2 heterocycles. The van der Waals surface area contributed by atoms with E-state index in [0.717, 1.165) is 44.5 Å². The summed E-state index contributed by atoms with van der Waals surface area (Å²) in [6.07, 6.45) is 0.840. The van der Waals surface area contributed by atoms with E-state index in [2.05, 4.69) is 44.1 Å². The molecule has 0 aliphatic rings. The van der Waals surface area contributed by atoms with Crippen molar-refractivity contribution in [3.8, 4) is 27.8 Å². The third kappa shape index (κ3) is 5.09. The topological polar surface area (TPSA) is 45.0 Å². The predicted octanol–water partition coefficient (Wildman–Crippen LogP) is 6.54. The van der Waals surface area contributed by atoms with Crippen LogP contribution in [0.15, 0.2) is 68.8 Å². The Hall–Kier alpha value is -2.55. The predicted molar refractivity (Wildman–Crippen MR) is 135 cm³/mol. The summed E-state index contributed by atoms with van der Waals surface area (Å²) in [6.45, 7) is 0.790. The Kier molecular flexibility index (Phi) is 7.34. The molecule has 0 unspecified atom stereocenters. The molecule has 0 saturated heterocycles. The molecular formula is C24H23BrN2O3S2. The van der Waals surface area contributed by atoms with Crippen molar-refractivity contribution in [2.24, 2.45) is 4.99 Å². The molecule has 4 rings (SSSR count). The molecule has 2 aromatic carbocycles. The number of hydrogen-bond donors (Lipinski definition) is 0. The normalized spacial score (nSPS) is 11.6. The molecule has 5 nitrogen and oxygen atoms in total. The van der Waals surface area contributed by atoms with Crippen molar-refractivity contribution in [1.29, 1.82) is 0 Å². The molecule has 32 heavy (non-hydrogen) atoms. The zero-order chi connectivity index (χ0) is 22.5. The lowest BCUT2D eigenvalue weighted by Gasteiger charge is -2.11. The maximum Gasteiger partial charge on any atom is 0.190 e. The van der Waals surface area contributed by atoms with Gasteiger partial charge in [-0.05, 0) is 76.4 Å². The van der Waals surface area contributed by atoms with E-state index in [1.807, 2.05) is 36.4 Å². The number of halogens is 1. The Morgan fingerprint density at radius 3 is 2.34 bits per heavy atom. The molecule has 0 aliphatic carbocycles. The van der Waals surface area contributed by atoms with Crippen molar-refractivity contribution >= 4 is 44.3 Å². The highest BCUT2D eigenvalue weighted by Gasteiger charge is 2.12. The Morgan fingerprint density at radius 1 is 0.906 bits per heavy atom. The number of aryl methyl sites for hydroxylation is 1. The number of ether oxygens (including phenoxy) is 3. The van der Waals surface area contributed by atoms with Crippen LogP contribution >= 0.6 is 38.6 Å². The minimum absolute atomic E-state index is 0.735. The van der Waals surface area contributed by atoms with E-state index in [0.29, 0.717) is 0 Å². The number of thiazole rings is 1. The van der Waals surface area contributed by atoms with Gasteiger partial charge in [0.1, 0.15) is 5.75 Å². The fraction of sp³-hybridized carbons (Fsp3) is 0.208. The molecule has 166 valence electrons. The van der Waals surface area contributed by atoms with Gasteiger partial charge >= 0.3 is 0 Å². The van der Waals surface area contributed by atoms with Crippen LogP contribution < -0.4 is 19.0 Å². The highest BCUT2D eigenvalue weighted by atomic mass is 79.9. The second-order valence-electron chi connectivity index (χ2n) is 6.91. The molecule has 0 atom stereocenters. The van der Waals surface area contributed by atoms with Crippen molar-refractivity contribution in [2.75, 3.05) is 21.3 Å². The average molecular weight is 531 g/mol. The maximum atomic E-state index is 5.47. The van der Waals surface area contributed by atoms with Gasteiger partial charge in [0.15, 0.2) is 16.3 Å². The number of thiophene rings is 1. The SMILES string of the molecule is COc1ccc(N=c2scc(-c3ccc(Br)s3)n2CCc2ccc(OC)c(OC)c2)cc1. The minimum atomic E-state index is 0.735. The van der Waals surface area contributed by atoms with Crippen molar-refractivity contribution < 1.29 is 14.2 Å². The number of benzene rings is 2. The average Bonchev–Trinajstić information content (AvgIpc) is 3.43. The fourth-order valence-electron chi connectivity index (χ4n) is 3.33. The molecule has 2 aromatic heterocycles. The van der Waals surface area contributed by atoms with E-state index in [4.69, 9.17) is 19.2 Å². The number of methoxy groups -OCH3 is 3. The lowest BCUT2D eigenvalue weighted by Crippen LogP contribution is -2.17. The van der Waals surface area contributed by atoms with Gasteiger partial charge in [0.05, 0.1) is 41.4 Å². The van der Waals surface area contributed by atoms with Crippen LogP contribution in [-0.4, -0.2) is 25.9 Å². The molecule has 0 bridgehead atoms. The number of hydrogen-bond acceptors (Lipinski definition) is 6. The van der Waals surface area contributed by atoms with E-state index >= 15 is 0 Å². The van der Waals surface area contributed by atoms with Crippen molar-refractivity contribution in [3.05, 3.63) is 74.1 Å². The van der Waals surface area contributed by atoms with Crippen LogP contribution in [-0.2, 0) is 13.0 Å². The van der Waals surface area contributed by atoms with Gasteiger partial charge in [-0.15, -0.1) is 22.7 Å². The van der Waals surface area contributed by atoms with Crippen LogP contribution in [0.2, 0.25) is 0 Å². The summed E-state index contributed by atoms with van der Waals surface area (Å²) in [5, 5.41) is 2.18. The summed E-state index contributed by atoms with van der Waals surface area (Å²) in [4.78, 5) is 7.08. The largest absolute Gasteiger partial charge is 0.497 e. The van der Waals surface area contributed by atoms with Crippen LogP contribution in [0.25, 0.3) is 10.6 Å². The highest BCUT2D eigenvalue weighted by molar-refractivity contribution is 9.11. The number of aromatic nitrogens is 1. The molecule has 0 fully saturated rings. The Bertz CT molecular complexity index is 1260. The van der Waals surface area contributed by atoms with Gasteiger partial charge in [-0.1, -0.05) is 6.07 Å². The zero-order valence-corrected chi connectivity index (χ0v) is 21.2. The van der Waals surface area contributed by atoms with E-state index < -0.39 is 0 Å². The van der Waals surface area contributed by atoms with E-state index in [1.165, 1.54) is 16.1 Å². The first kappa shape index (κ1) is 22.6. The van der Waals surface area contributed by atoms with Crippen LogP contribution in [0.5, 0.6) is 17.2 Å². The quantitative estimate of drug-likeness (QED) is 0.259. The van der Waals surface area contributed by atoms with E-state index in [1.54, 1.807) is 44.0 Å². The molecule has 0 amide bonds. The van der Waals surface area contributed by atoms with Gasteiger partial charge in [0, 0.05) is 11.9 Å². The Morgan fingerprint density at radius 2 is 1.69 bits per heavy atom. The lowest BCUT2D eigenvalue weighted by molar-refractivity contribution is 0.354. The first-order valence-electron chi connectivity index (χ1n) is 9.95. The molecular weight excluding hydrogens is 508 g/mol. The summed E-state index contributed by atoms with van der Waals surface area (Å²) in [7, 11) is 4.98. The first-order chi connectivity index (χ1) is 15.6. The summed E-state index contributed by atoms with van der Waals surface area (Å²) in [5.41, 5.74) is 3.24. The number of rotatable bonds is 8. The molecule has 0 N–H and O–H groups in total. The third-order valence-corrected chi connectivity index (χ3v) is 7.50. The summed E-state index contributed by atoms with van der Waals surface area (Å²) in [6, 6.07) is 18.1. The van der Waals surface area contributed by atoms with Crippen molar-refractivity contribution in [2.45, 2.75) is 13.0 Å². The minimum Gasteiger partial charge on any atom is -0.497 e. The monoisotopic (exact) mass is 530 g/mol. The molecule has 0 spiro atoms. The number of nitrogens with zero attached hydrogens (tertiary/aromatic N) is 2. The van der Waals surface area contributed by atoms with Crippen LogP contribution in [0.4, 0.5) is 5.69 Å². The fourth-order valence-corrected chi connectivity index (χ4v) is 5.76. The molecule has 0 saturated carbocycles. The lowest BCUT2D eigenvalue weighted by atomic mass is 10.1. The smallest absolute Gasteiger partial charge is 0.190 e. The van der Waals surface area contributed by atoms with Crippen LogP contribution in [0.1, 0.15) is 5.56 Å². The molecule has 0 aliphatic heterocycles. The molecule has 4 aromatic rings. The van der Waals surface area contributed by atoms with Gasteiger partial charge in [-0.25, -0.2) is 4.99 Å². The van der Waals surface area contributed by atoms with E-state index in [-0.39, 0.29) is 0 Å². The second kappa shape index (κ2) is 10.4.